The first kappa shape index (κ1) is 15.3. The maximum absolute atomic E-state index is 12.2. The summed E-state index contributed by atoms with van der Waals surface area (Å²) in [5, 5.41) is 3.22. The SMILES string of the molecule is O=C(NCCc1ccc2c(c1)OCO2)c1cc(=O)c2ccccc2o1. The fourth-order valence-corrected chi connectivity index (χ4v) is 2.72. The Hall–Kier alpha value is -3.28. The van der Waals surface area contributed by atoms with E-state index >= 15 is 0 Å². The minimum Gasteiger partial charge on any atom is -0.454 e. The zero-order valence-electron chi connectivity index (χ0n) is 13.3. The van der Waals surface area contributed by atoms with Crippen LogP contribution in [-0.2, 0) is 6.42 Å². The lowest BCUT2D eigenvalue weighted by molar-refractivity contribution is 0.0927. The number of fused-ring (bicyclic) bond motifs is 2. The van der Waals surface area contributed by atoms with Crippen molar-refractivity contribution in [1.82, 2.24) is 5.32 Å². The van der Waals surface area contributed by atoms with E-state index in [9.17, 15) is 9.59 Å². The Balaban J connectivity index is 1.43. The molecule has 0 aliphatic carbocycles. The number of benzene rings is 2. The van der Waals surface area contributed by atoms with Crippen LogP contribution in [0, 0.1) is 0 Å². The van der Waals surface area contributed by atoms with Gasteiger partial charge in [-0.2, -0.15) is 0 Å². The molecule has 1 aliphatic heterocycles. The molecule has 25 heavy (non-hydrogen) atoms. The van der Waals surface area contributed by atoms with Crippen LogP contribution in [-0.4, -0.2) is 19.2 Å². The molecule has 0 saturated carbocycles. The molecule has 1 amide bonds. The fourth-order valence-electron chi connectivity index (χ4n) is 2.72. The number of para-hydroxylation sites is 1. The number of carbonyl (C=O) groups excluding carboxylic acids is 1. The predicted octanol–water partition coefficient (Wildman–Crippen LogP) is 2.49. The van der Waals surface area contributed by atoms with E-state index in [2.05, 4.69) is 5.32 Å². The molecule has 4 rings (SSSR count). The van der Waals surface area contributed by atoms with Gasteiger partial charge in [-0.25, -0.2) is 0 Å². The van der Waals surface area contributed by atoms with Gasteiger partial charge in [0, 0.05) is 12.6 Å². The van der Waals surface area contributed by atoms with Gasteiger partial charge in [0.05, 0.1) is 5.39 Å². The summed E-state index contributed by atoms with van der Waals surface area (Å²) < 4.78 is 16.1. The first-order valence-corrected chi connectivity index (χ1v) is 7.90. The highest BCUT2D eigenvalue weighted by Crippen LogP contribution is 2.32. The Bertz CT molecular complexity index is 1010. The number of hydrogen-bond acceptors (Lipinski definition) is 5. The summed E-state index contributed by atoms with van der Waals surface area (Å²) in [4.78, 5) is 24.3. The number of hydrogen-bond donors (Lipinski definition) is 1. The predicted molar refractivity (Wildman–Crippen MR) is 91.1 cm³/mol. The van der Waals surface area contributed by atoms with Gasteiger partial charge in [-0.3, -0.25) is 9.59 Å². The van der Waals surface area contributed by atoms with E-state index in [1.54, 1.807) is 24.3 Å². The van der Waals surface area contributed by atoms with Crippen LogP contribution in [0.3, 0.4) is 0 Å². The third-order valence-corrected chi connectivity index (χ3v) is 3.99. The van der Waals surface area contributed by atoms with Crippen molar-refractivity contribution in [3.63, 3.8) is 0 Å². The van der Waals surface area contributed by atoms with E-state index in [0.29, 0.717) is 29.7 Å². The summed E-state index contributed by atoms with van der Waals surface area (Å²) in [6.07, 6.45) is 0.625. The van der Waals surface area contributed by atoms with Crippen molar-refractivity contribution in [2.24, 2.45) is 0 Å². The Morgan fingerprint density at radius 2 is 1.88 bits per heavy atom. The van der Waals surface area contributed by atoms with Crippen molar-refractivity contribution in [3.05, 3.63) is 70.1 Å². The van der Waals surface area contributed by atoms with Crippen LogP contribution in [0.5, 0.6) is 11.5 Å². The lowest BCUT2D eigenvalue weighted by atomic mass is 10.1. The van der Waals surface area contributed by atoms with Crippen LogP contribution in [0.1, 0.15) is 16.1 Å². The maximum Gasteiger partial charge on any atom is 0.287 e. The Labute approximate surface area is 143 Å². The molecule has 6 heteroatoms. The normalized spacial score (nSPS) is 12.3. The molecular weight excluding hydrogens is 322 g/mol. The highest BCUT2D eigenvalue weighted by atomic mass is 16.7. The minimum atomic E-state index is -0.413. The molecule has 1 aliphatic rings. The standard InChI is InChI=1S/C19H15NO5/c21-14-10-18(25-15-4-2-1-3-13(14)15)19(22)20-8-7-12-5-6-16-17(9-12)24-11-23-16/h1-6,9-10H,7-8,11H2,(H,20,22). The molecule has 0 saturated heterocycles. The summed E-state index contributed by atoms with van der Waals surface area (Å²) in [5.74, 6) is 1.04. The zero-order valence-corrected chi connectivity index (χ0v) is 13.3. The Kier molecular flexibility index (Phi) is 3.85. The average molecular weight is 337 g/mol. The van der Waals surface area contributed by atoms with Crippen molar-refractivity contribution in [2.75, 3.05) is 13.3 Å². The van der Waals surface area contributed by atoms with Crippen molar-refractivity contribution >= 4 is 16.9 Å². The lowest BCUT2D eigenvalue weighted by Crippen LogP contribution is -2.26. The largest absolute Gasteiger partial charge is 0.454 e. The Morgan fingerprint density at radius 1 is 1.04 bits per heavy atom. The highest BCUT2D eigenvalue weighted by molar-refractivity contribution is 5.93. The number of carbonyl (C=O) groups is 1. The van der Waals surface area contributed by atoms with E-state index in [1.165, 1.54) is 6.07 Å². The van der Waals surface area contributed by atoms with Crippen molar-refractivity contribution in [2.45, 2.75) is 6.42 Å². The molecule has 0 unspecified atom stereocenters. The van der Waals surface area contributed by atoms with Crippen LogP contribution in [0.2, 0.25) is 0 Å². The third-order valence-electron chi connectivity index (χ3n) is 3.99. The van der Waals surface area contributed by atoms with Gasteiger partial charge >= 0.3 is 0 Å². The van der Waals surface area contributed by atoms with Gasteiger partial charge in [-0.15, -0.1) is 0 Å². The second-order valence-corrected chi connectivity index (χ2v) is 5.66. The number of ether oxygens (including phenoxy) is 2. The molecule has 126 valence electrons. The topological polar surface area (TPSA) is 77.8 Å². The van der Waals surface area contributed by atoms with E-state index < -0.39 is 5.91 Å². The smallest absolute Gasteiger partial charge is 0.287 e. The zero-order chi connectivity index (χ0) is 17.2. The summed E-state index contributed by atoms with van der Waals surface area (Å²) >= 11 is 0. The van der Waals surface area contributed by atoms with Crippen molar-refractivity contribution < 1.29 is 18.7 Å². The van der Waals surface area contributed by atoms with Gasteiger partial charge in [0.2, 0.25) is 6.79 Å². The van der Waals surface area contributed by atoms with Crippen LogP contribution < -0.4 is 20.2 Å². The minimum absolute atomic E-state index is 0.00869. The van der Waals surface area contributed by atoms with E-state index in [1.807, 2.05) is 18.2 Å². The van der Waals surface area contributed by atoms with Crippen molar-refractivity contribution in [3.8, 4) is 11.5 Å². The van der Waals surface area contributed by atoms with Crippen LogP contribution in [0.4, 0.5) is 0 Å². The summed E-state index contributed by atoms with van der Waals surface area (Å²) in [5.41, 5.74) is 1.18. The number of amides is 1. The third kappa shape index (κ3) is 3.06. The highest BCUT2D eigenvalue weighted by Gasteiger charge is 2.14. The molecule has 2 aromatic carbocycles. The number of rotatable bonds is 4. The van der Waals surface area contributed by atoms with Gasteiger partial charge in [-0.1, -0.05) is 18.2 Å². The molecular formula is C19H15NO5. The molecule has 0 fully saturated rings. The molecule has 2 heterocycles. The molecule has 0 bridgehead atoms. The van der Waals surface area contributed by atoms with E-state index in [4.69, 9.17) is 13.9 Å². The molecule has 6 nitrogen and oxygen atoms in total. The molecule has 3 aromatic rings. The summed E-state index contributed by atoms with van der Waals surface area (Å²) in [7, 11) is 0. The number of nitrogens with one attached hydrogen (secondary N) is 1. The maximum atomic E-state index is 12.2. The Morgan fingerprint density at radius 3 is 2.80 bits per heavy atom. The summed E-state index contributed by atoms with van der Waals surface area (Å²) in [6, 6.07) is 13.7. The van der Waals surface area contributed by atoms with Gasteiger partial charge in [0.25, 0.3) is 5.91 Å². The van der Waals surface area contributed by atoms with Gasteiger partial charge < -0.3 is 19.2 Å². The molecule has 1 N–H and O–H groups in total. The van der Waals surface area contributed by atoms with Crippen LogP contribution in [0.15, 0.2) is 57.7 Å². The van der Waals surface area contributed by atoms with Gasteiger partial charge in [0.1, 0.15) is 5.58 Å². The monoisotopic (exact) mass is 337 g/mol. The molecule has 0 spiro atoms. The molecule has 0 radical (unpaired) electrons. The fraction of sp³-hybridized carbons (Fsp3) is 0.158. The van der Waals surface area contributed by atoms with E-state index in [-0.39, 0.29) is 18.0 Å². The lowest BCUT2D eigenvalue weighted by Gasteiger charge is -2.06. The van der Waals surface area contributed by atoms with E-state index in [0.717, 1.165) is 11.3 Å². The van der Waals surface area contributed by atoms with Gasteiger partial charge in [0.15, 0.2) is 22.7 Å². The quantitative estimate of drug-likeness (QED) is 0.791. The average Bonchev–Trinajstić information content (AvgIpc) is 3.09. The first-order chi connectivity index (χ1) is 12.2. The van der Waals surface area contributed by atoms with Gasteiger partial charge in [-0.05, 0) is 36.2 Å². The van der Waals surface area contributed by atoms with Crippen molar-refractivity contribution in [1.29, 1.82) is 0 Å². The second-order valence-electron chi connectivity index (χ2n) is 5.66. The van der Waals surface area contributed by atoms with Crippen LogP contribution >= 0.6 is 0 Å². The summed E-state index contributed by atoms with van der Waals surface area (Å²) in [6.45, 7) is 0.644. The van der Waals surface area contributed by atoms with Crippen LogP contribution in [0.25, 0.3) is 11.0 Å². The first-order valence-electron chi connectivity index (χ1n) is 7.90. The molecule has 0 atom stereocenters. The molecule has 1 aromatic heterocycles. The second kappa shape index (κ2) is 6.32.